The van der Waals surface area contributed by atoms with E-state index in [-0.39, 0.29) is 16.4 Å². The van der Waals surface area contributed by atoms with Crippen molar-refractivity contribution in [2.75, 3.05) is 0 Å². The van der Waals surface area contributed by atoms with Gasteiger partial charge in [0.15, 0.2) is 5.43 Å². The Balaban J connectivity index is 2.50. The molecule has 9 heteroatoms. The SMILES string of the molecule is Cc1coc2cc(OS(=O)(=O)C(F)(F)F)ccc2c1=O. The summed E-state index contributed by atoms with van der Waals surface area (Å²) in [6.45, 7) is 1.50. The Kier molecular flexibility index (Phi) is 3.24. The Hall–Kier alpha value is -2.03. The normalized spacial score (nSPS) is 12.6. The summed E-state index contributed by atoms with van der Waals surface area (Å²) in [5.41, 5.74) is -5.66. The fourth-order valence-corrected chi connectivity index (χ4v) is 1.88. The Morgan fingerprint density at radius 1 is 1.25 bits per heavy atom. The van der Waals surface area contributed by atoms with E-state index < -0.39 is 21.4 Å². The summed E-state index contributed by atoms with van der Waals surface area (Å²) < 4.78 is 67.1. The van der Waals surface area contributed by atoms with Gasteiger partial charge in [-0.25, -0.2) is 0 Å². The molecule has 1 heterocycles. The van der Waals surface area contributed by atoms with E-state index in [4.69, 9.17) is 4.42 Å². The van der Waals surface area contributed by atoms with Gasteiger partial charge in [0.25, 0.3) is 0 Å². The molecule has 0 spiro atoms. The lowest BCUT2D eigenvalue weighted by Gasteiger charge is -2.09. The molecule has 5 nitrogen and oxygen atoms in total. The van der Waals surface area contributed by atoms with Gasteiger partial charge in [0.05, 0.1) is 11.6 Å². The van der Waals surface area contributed by atoms with Crippen LogP contribution in [0.3, 0.4) is 0 Å². The van der Waals surface area contributed by atoms with Crippen molar-refractivity contribution in [1.82, 2.24) is 0 Å². The zero-order valence-corrected chi connectivity index (χ0v) is 10.7. The predicted octanol–water partition coefficient (Wildman–Crippen LogP) is 2.33. The number of alkyl halides is 3. The van der Waals surface area contributed by atoms with Gasteiger partial charge in [-0.3, -0.25) is 4.79 Å². The second kappa shape index (κ2) is 4.51. The molecule has 1 aromatic heterocycles. The summed E-state index contributed by atoms with van der Waals surface area (Å²) in [7, 11) is -5.76. The fraction of sp³-hybridized carbons (Fsp3) is 0.182. The molecule has 0 aliphatic rings. The van der Waals surface area contributed by atoms with Crippen LogP contribution in [0.1, 0.15) is 5.56 Å². The highest BCUT2D eigenvalue weighted by Crippen LogP contribution is 2.28. The Labute approximate surface area is 110 Å². The molecule has 20 heavy (non-hydrogen) atoms. The Bertz CT molecular complexity index is 820. The van der Waals surface area contributed by atoms with Crippen LogP contribution < -0.4 is 9.61 Å². The van der Waals surface area contributed by atoms with E-state index in [0.717, 1.165) is 24.5 Å². The van der Waals surface area contributed by atoms with Crippen molar-refractivity contribution < 1.29 is 30.2 Å². The highest BCUT2D eigenvalue weighted by atomic mass is 32.2. The van der Waals surface area contributed by atoms with Gasteiger partial charge in [0, 0.05) is 11.6 Å². The molecule has 0 saturated heterocycles. The van der Waals surface area contributed by atoms with E-state index in [9.17, 15) is 26.4 Å². The van der Waals surface area contributed by atoms with E-state index in [0.29, 0.717) is 5.56 Å². The summed E-state index contributed by atoms with van der Waals surface area (Å²) >= 11 is 0. The third kappa shape index (κ3) is 2.48. The van der Waals surface area contributed by atoms with Crippen LogP contribution >= 0.6 is 0 Å². The zero-order valence-electron chi connectivity index (χ0n) is 9.89. The summed E-state index contributed by atoms with van der Waals surface area (Å²) in [6, 6.07) is 2.98. The molecule has 108 valence electrons. The minimum atomic E-state index is -5.76. The standard InChI is InChI=1S/C11H7F3O5S/c1-6-5-18-9-4-7(2-3-8(9)10(6)15)19-20(16,17)11(12,13)14/h2-5H,1H3. The van der Waals surface area contributed by atoms with Crippen LogP contribution in [0, 0.1) is 6.92 Å². The number of hydrogen-bond donors (Lipinski definition) is 0. The second-order valence-electron chi connectivity index (χ2n) is 3.89. The van der Waals surface area contributed by atoms with Gasteiger partial charge >= 0.3 is 15.6 Å². The van der Waals surface area contributed by atoms with Crippen LogP contribution in [0.15, 0.2) is 33.7 Å². The molecule has 0 saturated carbocycles. The van der Waals surface area contributed by atoms with Crippen molar-refractivity contribution in [3.63, 3.8) is 0 Å². The summed E-state index contributed by atoms with van der Waals surface area (Å²) in [5, 5.41) is 0.113. The van der Waals surface area contributed by atoms with Crippen molar-refractivity contribution >= 4 is 21.1 Å². The van der Waals surface area contributed by atoms with E-state index >= 15 is 0 Å². The van der Waals surface area contributed by atoms with Gasteiger partial charge in [-0.2, -0.15) is 21.6 Å². The van der Waals surface area contributed by atoms with Gasteiger partial charge in [-0.05, 0) is 19.1 Å². The molecular weight excluding hydrogens is 301 g/mol. The lowest BCUT2D eigenvalue weighted by atomic mass is 10.2. The number of benzene rings is 1. The molecule has 1 aromatic carbocycles. The Morgan fingerprint density at radius 3 is 2.50 bits per heavy atom. The Morgan fingerprint density at radius 2 is 1.90 bits per heavy atom. The van der Waals surface area contributed by atoms with Crippen LogP contribution in [-0.2, 0) is 10.1 Å². The largest absolute Gasteiger partial charge is 0.534 e. The molecule has 0 N–H and O–H groups in total. The van der Waals surface area contributed by atoms with Crippen molar-refractivity contribution in [1.29, 1.82) is 0 Å². The molecule has 0 bridgehead atoms. The summed E-state index contributed by atoms with van der Waals surface area (Å²) in [5.74, 6) is -0.596. The van der Waals surface area contributed by atoms with Crippen LogP contribution in [-0.4, -0.2) is 13.9 Å². The van der Waals surface area contributed by atoms with Crippen molar-refractivity contribution in [3.05, 3.63) is 40.2 Å². The highest BCUT2D eigenvalue weighted by molar-refractivity contribution is 7.88. The second-order valence-corrected chi connectivity index (χ2v) is 5.43. The maximum atomic E-state index is 12.2. The minimum Gasteiger partial charge on any atom is -0.464 e. The quantitative estimate of drug-likeness (QED) is 0.629. The van der Waals surface area contributed by atoms with Gasteiger partial charge in [0.2, 0.25) is 0 Å². The maximum absolute atomic E-state index is 12.2. The first-order valence-electron chi connectivity index (χ1n) is 5.15. The molecule has 0 fully saturated rings. The molecule has 0 atom stereocenters. The van der Waals surface area contributed by atoms with Crippen molar-refractivity contribution in [2.45, 2.75) is 12.4 Å². The van der Waals surface area contributed by atoms with Gasteiger partial charge in [0.1, 0.15) is 11.3 Å². The van der Waals surface area contributed by atoms with E-state index in [1.54, 1.807) is 0 Å². The highest BCUT2D eigenvalue weighted by Gasteiger charge is 2.48. The molecule has 0 aliphatic heterocycles. The average molecular weight is 308 g/mol. The van der Waals surface area contributed by atoms with Crippen LogP contribution in [0.4, 0.5) is 13.2 Å². The van der Waals surface area contributed by atoms with E-state index in [1.807, 2.05) is 0 Å². The predicted molar refractivity (Wildman–Crippen MR) is 62.8 cm³/mol. The smallest absolute Gasteiger partial charge is 0.464 e. The summed E-state index contributed by atoms with van der Waals surface area (Å²) in [4.78, 5) is 11.7. The summed E-state index contributed by atoms with van der Waals surface area (Å²) in [6.07, 6.45) is 1.12. The molecule has 0 radical (unpaired) electrons. The number of fused-ring (bicyclic) bond motifs is 1. The number of hydrogen-bond acceptors (Lipinski definition) is 5. The number of aryl methyl sites for hydroxylation is 1. The van der Waals surface area contributed by atoms with Gasteiger partial charge in [-0.15, -0.1) is 0 Å². The van der Waals surface area contributed by atoms with Crippen molar-refractivity contribution in [2.24, 2.45) is 0 Å². The molecule has 0 aliphatic carbocycles. The van der Waals surface area contributed by atoms with Crippen LogP contribution in [0.2, 0.25) is 0 Å². The zero-order chi connectivity index (χ0) is 15.1. The van der Waals surface area contributed by atoms with Gasteiger partial charge in [-0.1, -0.05) is 0 Å². The first-order valence-corrected chi connectivity index (χ1v) is 6.55. The topological polar surface area (TPSA) is 73.6 Å². The van der Waals surface area contributed by atoms with Crippen molar-refractivity contribution in [3.8, 4) is 5.75 Å². The maximum Gasteiger partial charge on any atom is 0.534 e. The lowest BCUT2D eigenvalue weighted by molar-refractivity contribution is -0.0500. The molecular formula is C11H7F3O5S. The van der Waals surface area contributed by atoms with Crippen LogP contribution in [0.5, 0.6) is 5.75 Å². The van der Waals surface area contributed by atoms with Gasteiger partial charge < -0.3 is 8.60 Å². The first kappa shape index (κ1) is 14.4. The molecule has 2 rings (SSSR count). The van der Waals surface area contributed by atoms with E-state index in [1.165, 1.54) is 6.92 Å². The minimum absolute atomic E-state index is 0.0736. The third-order valence-electron chi connectivity index (χ3n) is 2.41. The lowest BCUT2D eigenvalue weighted by Crippen LogP contribution is -2.28. The number of halogens is 3. The molecule has 0 amide bonds. The fourth-order valence-electron chi connectivity index (χ4n) is 1.43. The molecule has 0 unspecified atom stereocenters. The molecule has 2 aromatic rings. The monoisotopic (exact) mass is 308 g/mol. The average Bonchev–Trinajstić information content (AvgIpc) is 2.32. The first-order chi connectivity index (χ1) is 9.12. The third-order valence-corrected chi connectivity index (χ3v) is 3.39. The number of rotatable bonds is 2. The van der Waals surface area contributed by atoms with Crippen LogP contribution in [0.25, 0.3) is 11.0 Å². The van der Waals surface area contributed by atoms with E-state index in [2.05, 4.69) is 4.18 Å².